The van der Waals surface area contributed by atoms with Crippen molar-refractivity contribution in [3.8, 4) is 22.5 Å². The molecule has 1 aromatic carbocycles. The van der Waals surface area contributed by atoms with Crippen molar-refractivity contribution in [2.45, 2.75) is 6.18 Å². The minimum atomic E-state index is -4.61. The van der Waals surface area contributed by atoms with Crippen LogP contribution < -0.4 is 0 Å². The normalized spacial score (nSPS) is 12.0. The maximum atomic E-state index is 14.0. The molecule has 0 aliphatic rings. The van der Waals surface area contributed by atoms with Gasteiger partial charge in [0.05, 0.1) is 23.0 Å². The van der Waals surface area contributed by atoms with Crippen LogP contribution in [0, 0.1) is 5.82 Å². The van der Waals surface area contributed by atoms with Crippen molar-refractivity contribution in [1.29, 1.82) is 0 Å². The Morgan fingerprint density at radius 3 is 2.56 bits per heavy atom. The van der Waals surface area contributed by atoms with Crippen LogP contribution in [-0.2, 0) is 6.18 Å². The number of aromatic nitrogens is 5. The molecule has 0 saturated carbocycles. The summed E-state index contributed by atoms with van der Waals surface area (Å²) in [5.74, 6) is -0.478. The lowest BCUT2D eigenvalue weighted by Crippen LogP contribution is -2.07. The van der Waals surface area contributed by atoms with Crippen molar-refractivity contribution in [3.05, 3.63) is 54.2 Å². The fourth-order valence-electron chi connectivity index (χ4n) is 2.62. The number of nitrogens with one attached hydrogen (secondary N) is 2. The number of pyridine rings is 1. The Bertz CT molecular complexity index is 1060. The molecule has 2 N–H and O–H groups in total. The number of hydrogen-bond acceptors (Lipinski definition) is 3. The molecule has 9 heteroatoms. The number of H-pyrrole nitrogens is 2. The van der Waals surface area contributed by atoms with Crippen LogP contribution in [0.25, 0.3) is 33.4 Å². The zero-order valence-electron chi connectivity index (χ0n) is 12.4. The van der Waals surface area contributed by atoms with Crippen LogP contribution in [0.15, 0.2) is 42.7 Å². The molecule has 0 fully saturated rings. The quantitative estimate of drug-likeness (QED) is 0.535. The van der Waals surface area contributed by atoms with Gasteiger partial charge in [0.25, 0.3) is 0 Å². The third-order valence-electron chi connectivity index (χ3n) is 3.76. The number of alkyl halides is 3. The first kappa shape index (κ1) is 15.3. The summed E-state index contributed by atoms with van der Waals surface area (Å²) in [6.45, 7) is 0. The summed E-state index contributed by atoms with van der Waals surface area (Å²) < 4.78 is 53.2. The first-order chi connectivity index (χ1) is 11.9. The molecule has 0 atom stereocenters. The van der Waals surface area contributed by atoms with Crippen LogP contribution in [0.5, 0.6) is 0 Å². The zero-order chi connectivity index (χ0) is 17.6. The van der Waals surface area contributed by atoms with Gasteiger partial charge in [-0.05, 0) is 18.2 Å². The van der Waals surface area contributed by atoms with Crippen LogP contribution in [0.3, 0.4) is 0 Å². The molecule has 0 bridgehead atoms. The molecule has 3 heterocycles. The average Bonchev–Trinajstić information content (AvgIpc) is 3.21. The Balaban J connectivity index is 1.91. The Hall–Kier alpha value is -3.23. The van der Waals surface area contributed by atoms with Gasteiger partial charge >= 0.3 is 6.18 Å². The Kier molecular flexibility index (Phi) is 3.31. The third-order valence-corrected chi connectivity index (χ3v) is 3.76. The van der Waals surface area contributed by atoms with E-state index < -0.39 is 17.7 Å². The number of nitrogens with zero attached hydrogens (tertiary/aromatic N) is 3. The van der Waals surface area contributed by atoms with Gasteiger partial charge in [0.2, 0.25) is 0 Å². The molecule has 0 unspecified atom stereocenters. The van der Waals surface area contributed by atoms with E-state index in [-0.39, 0.29) is 16.8 Å². The van der Waals surface area contributed by atoms with Gasteiger partial charge in [-0.3, -0.25) is 15.2 Å². The van der Waals surface area contributed by atoms with Gasteiger partial charge in [0, 0.05) is 17.1 Å². The zero-order valence-corrected chi connectivity index (χ0v) is 12.4. The molecule has 126 valence electrons. The van der Waals surface area contributed by atoms with E-state index in [0.717, 1.165) is 6.20 Å². The summed E-state index contributed by atoms with van der Waals surface area (Å²) in [4.78, 5) is 4.03. The molecule has 0 saturated heterocycles. The predicted octanol–water partition coefficient (Wildman–Crippen LogP) is 4.17. The third kappa shape index (κ3) is 2.53. The lowest BCUT2D eigenvalue weighted by atomic mass is 10.1. The molecule has 4 aromatic rings. The van der Waals surface area contributed by atoms with Crippen molar-refractivity contribution < 1.29 is 17.6 Å². The number of halogens is 4. The number of rotatable bonds is 2. The predicted molar refractivity (Wildman–Crippen MR) is 81.9 cm³/mol. The molecule has 3 aromatic heterocycles. The molecule has 0 spiro atoms. The van der Waals surface area contributed by atoms with Gasteiger partial charge in [-0.25, -0.2) is 4.39 Å². The summed E-state index contributed by atoms with van der Waals surface area (Å²) in [5, 5.41) is 12.7. The summed E-state index contributed by atoms with van der Waals surface area (Å²) >= 11 is 0. The van der Waals surface area contributed by atoms with Gasteiger partial charge in [0.15, 0.2) is 5.69 Å². The standard InChI is InChI=1S/C16H9F4N5/c17-11-4-2-1-3-8(11)14-9-5-12(21-7-13(9)23-24-14)10-6-22-25-15(10)16(18,19)20/h1-7H,(H,22,25)(H,23,24). The van der Waals surface area contributed by atoms with E-state index in [1.807, 2.05) is 0 Å². The van der Waals surface area contributed by atoms with Crippen LogP contribution in [0.1, 0.15) is 5.69 Å². The van der Waals surface area contributed by atoms with Gasteiger partial charge in [-0.2, -0.15) is 23.4 Å². The number of fused-ring (bicyclic) bond motifs is 1. The van der Waals surface area contributed by atoms with Crippen LogP contribution in [0.4, 0.5) is 17.6 Å². The lowest BCUT2D eigenvalue weighted by Gasteiger charge is -2.06. The Labute approximate surface area is 137 Å². The molecule has 0 amide bonds. The molecular formula is C16H9F4N5. The number of benzene rings is 1. The highest BCUT2D eigenvalue weighted by Gasteiger charge is 2.37. The summed E-state index contributed by atoms with van der Waals surface area (Å²) in [6, 6.07) is 7.46. The second-order valence-electron chi connectivity index (χ2n) is 5.31. The van der Waals surface area contributed by atoms with Crippen LogP contribution >= 0.6 is 0 Å². The first-order valence-electron chi connectivity index (χ1n) is 7.15. The molecule has 25 heavy (non-hydrogen) atoms. The first-order valence-corrected chi connectivity index (χ1v) is 7.15. The van der Waals surface area contributed by atoms with Crippen molar-refractivity contribution in [2.75, 3.05) is 0 Å². The highest BCUT2D eigenvalue weighted by molar-refractivity contribution is 5.94. The highest BCUT2D eigenvalue weighted by atomic mass is 19.4. The molecular weight excluding hydrogens is 338 g/mol. The SMILES string of the molecule is Fc1ccccc1-c1n[nH]c2cnc(-c3c[nH]nc3C(F)(F)F)cc12. The van der Waals surface area contributed by atoms with Crippen molar-refractivity contribution in [1.82, 2.24) is 25.4 Å². The van der Waals surface area contributed by atoms with Gasteiger partial charge < -0.3 is 0 Å². The van der Waals surface area contributed by atoms with Gasteiger partial charge in [0.1, 0.15) is 11.5 Å². The lowest BCUT2D eigenvalue weighted by molar-refractivity contribution is -0.140. The van der Waals surface area contributed by atoms with Crippen molar-refractivity contribution in [3.63, 3.8) is 0 Å². The molecule has 0 aliphatic carbocycles. The average molecular weight is 347 g/mol. The van der Waals surface area contributed by atoms with Crippen molar-refractivity contribution >= 4 is 10.9 Å². The topological polar surface area (TPSA) is 70.2 Å². The smallest absolute Gasteiger partial charge is 0.284 e. The fourth-order valence-corrected chi connectivity index (χ4v) is 2.62. The highest BCUT2D eigenvalue weighted by Crippen LogP contribution is 2.36. The molecule has 0 radical (unpaired) electrons. The maximum absolute atomic E-state index is 14.0. The minimum Gasteiger partial charge on any atom is -0.284 e. The fraction of sp³-hybridized carbons (Fsp3) is 0.0625. The Morgan fingerprint density at radius 2 is 1.80 bits per heavy atom. The Morgan fingerprint density at radius 1 is 1.00 bits per heavy atom. The van der Waals surface area contributed by atoms with E-state index in [4.69, 9.17) is 0 Å². The molecule has 4 rings (SSSR count). The van der Waals surface area contributed by atoms with E-state index in [2.05, 4.69) is 25.4 Å². The summed E-state index contributed by atoms with van der Waals surface area (Å²) in [6.07, 6.45) is -2.13. The second kappa shape index (κ2) is 5.40. The monoisotopic (exact) mass is 347 g/mol. The van der Waals surface area contributed by atoms with E-state index in [1.54, 1.807) is 18.2 Å². The summed E-state index contributed by atoms with van der Waals surface area (Å²) in [5.41, 5.74) is -0.153. The second-order valence-corrected chi connectivity index (χ2v) is 5.31. The maximum Gasteiger partial charge on any atom is 0.435 e. The number of hydrogen-bond donors (Lipinski definition) is 2. The largest absolute Gasteiger partial charge is 0.435 e. The minimum absolute atomic E-state index is 0.0626. The number of aromatic amines is 2. The van der Waals surface area contributed by atoms with Gasteiger partial charge in [-0.1, -0.05) is 12.1 Å². The summed E-state index contributed by atoms with van der Waals surface area (Å²) in [7, 11) is 0. The van der Waals surface area contributed by atoms with Crippen LogP contribution in [0.2, 0.25) is 0 Å². The van der Waals surface area contributed by atoms with Gasteiger partial charge in [-0.15, -0.1) is 0 Å². The van der Waals surface area contributed by atoms with Crippen LogP contribution in [-0.4, -0.2) is 25.4 Å². The molecule has 5 nitrogen and oxygen atoms in total. The van der Waals surface area contributed by atoms with E-state index in [9.17, 15) is 17.6 Å². The van der Waals surface area contributed by atoms with E-state index in [1.165, 1.54) is 18.3 Å². The van der Waals surface area contributed by atoms with E-state index in [0.29, 0.717) is 16.6 Å². The molecule has 0 aliphatic heterocycles. The van der Waals surface area contributed by atoms with Crippen molar-refractivity contribution in [2.24, 2.45) is 0 Å². The van der Waals surface area contributed by atoms with E-state index >= 15 is 0 Å².